The van der Waals surface area contributed by atoms with E-state index in [1.165, 1.54) is 6.92 Å². The number of hydrogen-bond donors (Lipinski definition) is 2. The molecule has 120 valence electrons. The predicted molar refractivity (Wildman–Crippen MR) is 81.9 cm³/mol. The number of ether oxygens (including phenoxy) is 1. The topological polar surface area (TPSA) is 97.4 Å². The Labute approximate surface area is 129 Å². The van der Waals surface area contributed by atoms with Gasteiger partial charge in [-0.25, -0.2) is 9.78 Å². The molecule has 22 heavy (non-hydrogen) atoms. The minimum absolute atomic E-state index is 0.221. The zero-order valence-corrected chi connectivity index (χ0v) is 13.2. The molecule has 0 aliphatic carbocycles. The lowest BCUT2D eigenvalue weighted by Gasteiger charge is -2.19. The molecule has 0 atom stereocenters. The zero-order chi connectivity index (χ0) is 16.8. The summed E-state index contributed by atoms with van der Waals surface area (Å²) in [5.74, 6) is 0.0396. The van der Waals surface area contributed by atoms with E-state index in [0.29, 0.717) is 25.1 Å². The number of nitrogens with zero attached hydrogens (tertiary/aromatic N) is 1. The maximum Gasteiger partial charge on any atom is 0.407 e. The van der Waals surface area contributed by atoms with Gasteiger partial charge in [0.2, 0.25) is 5.91 Å². The average Bonchev–Trinajstić information content (AvgIpc) is 2.35. The van der Waals surface area contributed by atoms with Gasteiger partial charge >= 0.3 is 6.09 Å². The van der Waals surface area contributed by atoms with E-state index in [4.69, 9.17) is 4.74 Å². The summed E-state index contributed by atoms with van der Waals surface area (Å²) < 4.78 is 5.12. The molecule has 0 aliphatic rings. The van der Waals surface area contributed by atoms with Gasteiger partial charge in [0.1, 0.15) is 17.1 Å². The Bertz CT molecular complexity index is 564. The average molecular weight is 307 g/mol. The number of alkyl carbamates (subject to hydrolysis) is 1. The van der Waals surface area contributed by atoms with Gasteiger partial charge in [0.25, 0.3) is 0 Å². The molecule has 0 saturated heterocycles. The van der Waals surface area contributed by atoms with Crippen LogP contribution in [0.2, 0.25) is 0 Å². The maximum absolute atomic E-state index is 11.5. The van der Waals surface area contributed by atoms with Crippen LogP contribution in [0.1, 0.15) is 43.7 Å². The van der Waals surface area contributed by atoms with Crippen molar-refractivity contribution in [2.75, 3.05) is 11.9 Å². The van der Waals surface area contributed by atoms with Crippen LogP contribution in [0, 0.1) is 0 Å². The highest BCUT2D eigenvalue weighted by molar-refractivity contribution is 5.88. The largest absolute Gasteiger partial charge is 0.444 e. The van der Waals surface area contributed by atoms with Gasteiger partial charge in [-0.3, -0.25) is 9.59 Å². The van der Waals surface area contributed by atoms with Crippen LogP contribution in [-0.2, 0) is 16.0 Å². The first-order valence-corrected chi connectivity index (χ1v) is 6.90. The third-order valence-corrected chi connectivity index (χ3v) is 2.41. The Morgan fingerprint density at radius 3 is 2.55 bits per heavy atom. The van der Waals surface area contributed by atoms with Crippen LogP contribution >= 0.6 is 0 Å². The van der Waals surface area contributed by atoms with Gasteiger partial charge in [-0.15, -0.1) is 0 Å². The number of hydrogen-bond acceptors (Lipinski definition) is 5. The van der Waals surface area contributed by atoms with Gasteiger partial charge in [0.05, 0.1) is 0 Å². The van der Waals surface area contributed by atoms with Gasteiger partial charge < -0.3 is 15.4 Å². The van der Waals surface area contributed by atoms with Crippen molar-refractivity contribution in [3.8, 4) is 0 Å². The van der Waals surface area contributed by atoms with Crippen molar-refractivity contribution in [3.63, 3.8) is 0 Å². The van der Waals surface area contributed by atoms with E-state index in [1.54, 1.807) is 32.9 Å². The molecule has 0 spiro atoms. The summed E-state index contributed by atoms with van der Waals surface area (Å²) in [6.45, 7) is 7.05. The number of aldehydes is 1. The molecular weight excluding hydrogens is 286 g/mol. The number of rotatable bonds is 5. The van der Waals surface area contributed by atoms with Crippen molar-refractivity contribution in [2.45, 2.75) is 39.7 Å². The van der Waals surface area contributed by atoms with Crippen molar-refractivity contribution in [1.29, 1.82) is 0 Å². The van der Waals surface area contributed by atoms with E-state index in [1.807, 2.05) is 0 Å². The summed E-state index contributed by atoms with van der Waals surface area (Å²) in [5, 5.41) is 5.16. The zero-order valence-electron chi connectivity index (χ0n) is 13.2. The van der Waals surface area contributed by atoms with Gasteiger partial charge in [0, 0.05) is 13.5 Å². The summed E-state index contributed by atoms with van der Waals surface area (Å²) in [7, 11) is 0. The van der Waals surface area contributed by atoms with Gasteiger partial charge in [0.15, 0.2) is 6.29 Å². The first-order valence-electron chi connectivity index (χ1n) is 6.90. The van der Waals surface area contributed by atoms with Crippen molar-refractivity contribution in [1.82, 2.24) is 10.3 Å². The molecule has 2 N–H and O–H groups in total. The number of carbonyl (C=O) groups is 3. The molecule has 2 amide bonds. The second-order valence-corrected chi connectivity index (χ2v) is 5.76. The second-order valence-electron chi connectivity index (χ2n) is 5.76. The normalized spacial score (nSPS) is 10.7. The molecule has 1 rings (SSSR count). The monoisotopic (exact) mass is 307 g/mol. The molecule has 7 nitrogen and oxygen atoms in total. The highest BCUT2D eigenvalue weighted by Gasteiger charge is 2.15. The Hall–Kier alpha value is -2.44. The third-order valence-electron chi connectivity index (χ3n) is 2.41. The molecule has 0 aromatic carbocycles. The van der Waals surface area contributed by atoms with Gasteiger partial charge in [-0.05, 0) is 44.9 Å². The third kappa shape index (κ3) is 6.83. The summed E-state index contributed by atoms with van der Waals surface area (Å²) >= 11 is 0. The number of aromatic nitrogens is 1. The Kier molecular flexibility index (Phi) is 6.03. The molecule has 0 fully saturated rings. The smallest absolute Gasteiger partial charge is 0.407 e. The van der Waals surface area contributed by atoms with E-state index in [2.05, 4.69) is 15.6 Å². The molecule has 1 aromatic rings. The van der Waals surface area contributed by atoms with Crippen LogP contribution in [0.15, 0.2) is 12.1 Å². The molecule has 0 unspecified atom stereocenters. The Balaban J connectivity index is 2.63. The van der Waals surface area contributed by atoms with Crippen molar-refractivity contribution in [2.24, 2.45) is 0 Å². The first-order chi connectivity index (χ1) is 10.2. The van der Waals surface area contributed by atoms with Crippen LogP contribution in [-0.4, -0.2) is 35.4 Å². The van der Waals surface area contributed by atoms with Crippen LogP contribution in [0.4, 0.5) is 10.6 Å². The molecule has 0 saturated carbocycles. The van der Waals surface area contributed by atoms with Crippen molar-refractivity contribution >= 4 is 24.1 Å². The molecule has 0 bridgehead atoms. The lowest BCUT2D eigenvalue weighted by Crippen LogP contribution is -2.33. The molecule has 7 heteroatoms. The van der Waals surface area contributed by atoms with E-state index >= 15 is 0 Å². The number of nitrogens with one attached hydrogen (secondary N) is 2. The Morgan fingerprint density at radius 2 is 2.00 bits per heavy atom. The summed E-state index contributed by atoms with van der Waals surface area (Å²) in [4.78, 5) is 37.4. The molecule has 1 heterocycles. The SMILES string of the molecule is CC(=O)Nc1cc(CCNC(=O)OC(C)(C)C)cc(C=O)n1. The Morgan fingerprint density at radius 1 is 1.32 bits per heavy atom. The maximum atomic E-state index is 11.5. The highest BCUT2D eigenvalue weighted by atomic mass is 16.6. The minimum atomic E-state index is -0.552. The predicted octanol–water partition coefficient (Wildman–Crippen LogP) is 1.92. The van der Waals surface area contributed by atoms with E-state index < -0.39 is 11.7 Å². The number of amides is 2. The van der Waals surface area contributed by atoms with E-state index in [0.717, 1.165) is 5.56 Å². The summed E-state index contributed by atoms with van der Waals surface area (Å²) in [6, 6.07) is 3.26. The fraction of sp³-hybridized carbons (Fsp3) is 0.467. The van der Waals surface area contributed by atoms with Crippen molar-refractivity contribution < 1.29 is 19.1 Å². The van der Waals surface area contributed by atoms with Crippen molar-refractivity contribution in [3.05, 3.63) is 23.4 Å². The highest BCUT2D eigenvalue weighted by Crippen LogP contribution is 2.11. The molecule has 1 aromatic heterocycles. The number of carbonyl (C=O) groups excluding carboxylic acids is 3. The fourth-order valence-electron chi connectivity index (χ4n) is 1.68. The summed E-state index contributed by atoms with van der Waals surface area (Å²) in [6.07, 6.45) is 0.588. The van der Waals surface area contributed by atoms with Crippen LogP contribution < -0.4 is 10.6 Å². The van der Waals surface area contributed by atoms with Gasteiger partial charge in [-0.2, -0.15) is 0 Å². The van der Waals surface area contributed by atoms with Gasteiger partial charge in [-0.1, -0.05) is 0 Å². The molecule has 0 aliphatic heterocycles. The minimum Gasteiger partial charge on any atom is -0.444 e. The fourth-order valence-corrected chi connectivity index (χ4v) is 1.68. The molecular formula is C15H21N3O4. The van der Waals surface area contributed by atoms with Crippen LogP contribution in [0.5, 0.6) is 0 Å². The van der Waals surface area contributed by atoms with E-state index in [-0.39, 0.29) is 11.6 Å². The van der Waals surface area contributed by atoms with E-state index in [9.17, 15) is 14.4 Å². The van der Waals surface area contributed by atoms with Crippen LogP contribution in [0.3, 0.4) is 0 Å². The molecule has 0 radical (unpaired) electrons. The second kappa shape index (κ2) is 7.53. The summed E-state index contributed by atoms with van der Waals surface area (Å²) in [5.41, 5.74) is 0.444. The number of anilines is 1. The number of pyridine rings is 1. The standard InChI is InChI=1S/C15H21N3O4/c1-10(20)17-13-8-11(7-12(9-19)18-13)5-6-16-14(21)22-15(2,3)4/h7-9H,5-6H2,1-4H3,(H,16,21)(H,17,18,20). The lowest BCUT2D eigenvalue weighted by molar-refractivity contribution is -0.114. The quantitative estimate of drug-likeness (QED) is 0.810. The van der Waals surface area contributed by atoms with Crippen LogP contribution in [0.25, 0.3) is 0 Å². The first kappa shape index (κ1) is 17.6. The lowest BCUT2D eigenvalue weighted by atomic mass is 10.1.